The van der Waals surface area contributed by atoms with Crippen LogP contribution in [0.2, 0.25) is 0 Å². The maximum Gasteiger partial charge on any atom is 0.271 e. The smallest absolute Gasteiger partial charge is 0.268 e. The Morgan fingerprint density at radius 1 is 0.903 bits per heavy atom. The Balaban J connectivity index is 1.98. The van der Waals surface area contributed by atoms with Crippen molar-refractivity contribution in [3.63, 3.8) is 0 Å². The van der Waals surface area contributed by atoms with Gasteiger partial charge in [-0.05, 0) is 59.4 Å². The van der Waals surface area contributed by atoms with Gasteiger partial charge in [-0.2, -0.15) is 4.31 Å². The molecule has 5 heteroatoms. The zero-order valence-electron chi connectivity index (χ0n) is 18.0. The average Bonchev–Trinajstić information content (AvgIpc) is 2.79. The third kappa shape index (κ3) is 5.30. The van der Waals surface area contributed by atoms with Gasteiger partial charge in [-0.3, -0.25) is 4.79 Å². The summed E-state index contributed by atoms with van der Waals surface area (Å²) in [4.78, 5) is 13.2. The quantitative estimate of drug-likeness (QED) is 0.442. The lowest BCUT2D eigenvalue weighted by Gasteiger charge is -2.21. The summed E-state index contributed by atoms with van der Waals surface area (Å²) in [5, 5.41) is 0. The first-order valence-corrected chi connectivity index (χ1v) is 11.8. The Kier molecular flexibility index (Phi) is 7.08. The van der Waals surface area contributed by atoms with Crippen LogP contribution in [0.15, 0.2) is 89.8 Å². The Labute approximate surface area is 184 Å². The molecular weight excluding hydrogens is 406 g/mol. The number of sulfonamides is 1. The summed E-state index contributed by atoms with van der Waals surface area (Å²) in [6.45, 7) is 6.25. The molecule has 3 aromatic carbocycles. The Hall–Kier alpha value is -3.18. The Morgan fingerprint density at radius 3 is 2.06 bits per heavy atom. The number of carbonyl (C=O) groups excluding carboxylic acids is 1. The lowest BCUT2D eigenvalue weighted by molar-refractivity contribution is -0.113. The first kappa shape index (κ1) is 22.5. The summed E-state index contributed by atoms with van der Waals surface area (Å²) in [5.41, 5.74) is 3.41. The van der Waals surface area contributed by atoms with Crippen molar-refractivity contribution in [2.45, 2.75) is 38.0 Å². The molecule has 4 nitrogen and oxygen atoms in total. The number of anilines is 1. The second-order valence-electron chi connectivity index (χ2n) is 7.60. The molecule has 1 amide bonds. The van der Waals surface area contributed by atoms with Crippen molar-refractivity contribution < 1.29 is 13.2 Å². The van der Waals surface area contributed by atoms with Crippen LogP contribution < -0.4 is 4.31 Å². The molecule has 31 heavy (non-hydrogen) atoms. The minimum atomic E-state index is -4.06. The van der Waals surface area contributed by atoms with Crippen molar-refractivity contribution >= 4 is 27.7 Å². The van der Waals surface area contributed by atoms with Gasteiger partial charge in [0.05, 0.1) is 10.6 Å². The van der Waals surface area contributed by atoms with E-state index >= 15 is 0 Å². The van der Waals surface area contributed by atoms with Gasteiger partial charge in [-0.1, -0.05) is 75.4 Å². The molecule has 0 radical (unpaired) electrons. The number of carbonyl (C=O) groups is 1. The van der Waals surface area contributed by atoms with Crippen molar-refractivity contribution in [2.24, 2.45) is 0 Å². The third-order valence-electron chi connectivity index (χ3n) is 5.08. The first-order valence-electron chi connectivity index (χ1n) is 10.3. The summed E-state index contributed by atoms with van der Waals surface area (Å²) in [6, 6.07) is 22.9. The summed E-state index contributed by atoms with van der Waals surface area (Å²) in [6.07, 6.45) is 3.77. The Bertz CT molecular complexity index is 1150. The highest BCUT2D eigenvalue weighted by Gasteiger charge is 2.29. The third-order valence-corrected chi connectivity index (χ3v) is 6.82. The molecule has 0 aliphatic rings. The topological polar surface area (TPSA) is 54.5 Å². The van der Waals surface area contributed by atoms with Crippen LogP contribution in [0.4, 0.5) is 5.69 Å². The average molecular weight is 434 g/mol. The molecule has 0 atom stereocenters. The van der Waals surface area contributed by atoms with Gasteiger partial charge in [0.25, 0.3) is 15.9 Å². The number of benzene rings is 3. The van der Waals surface area contributed by atoms with E-state index in [9.17, 15) is 13.2 Å². The number of aryl methyl sites for hydroxylation is 1. The van der Waals surface area contributed by atoms with E-state index in [1.54, 1.807) is 36.4 Å². The normalized spacial score (nSPS) is 11.7. The van der Waals surface area contributed by atoms with Crippen molar-refractivity contribution in [3.05, 3.63) is 102 Å². The highest BCUT2D eigenvalue weighted by Crippen LogP contribution is 2.25. The molecule has 0 N–H and O–H groups in total. The molecule has 3 aromatic rings. The molecule has 0 aromatic heterocycles. The van der Waals surface area contributed by atoms with E-state index in [0.29, 0.717) is 11.6 Å². The van der Waals surface area contributed by atoms with Crippen molar-refractivity contribution in [1.82, 2.24) is 0 Å². The van der Waals surface area contributed by atoms with Crippen LogP contribution in [-0.4, -0.2) is 14.3 Å². The maximum atomic E-state index is 13.3. The molecule has 0 aliphatic heterocycles. The van der Waals surface area contributed by atoms with Gasteiger partial charge in [0.2, 0.25) is 0 Å². The zero-order valence-corrected chi connectivity index (χ0v) is 18.8. The van der Waals surface area contributed by atoms with Gasteiger partial charge in [0.15, 0.2) is 0 Å². The molecule has 3 rings (SSSR count). The predicted molar refractivity (Wildman–Crippen MR) is 126 cm³/mol. The lowest BCUT2D eigenvalue weighted by atomic mass is 10.0. The van der Waals surface area contributed by atoms with E-state index in [0.717, 1.165) is 21.9 Å². The fourth-order valence-electron chi connectivity index (χ4n) is 3.18. The highest BCUT2D eigenvalue weighted by molar-refractivity contribution is 7.93. The van der Waals surface area contributed by atoms with Gasteiger partial charge in [0, 0.05) is 6.08 Å². The number of rotatable bonds is 7. The largest absolute Gasteiger partial charge is 0.271 e. The fourth-order valence-corrected chi connectivity index (χ4v) is 4.59. The van der Waals surface area contributed by atoms with Crippen LogP contribution in [-0.2, 0) is 21.2 Å². The van der Waals surface area contributed by atoms with Crippen molar-refractivity contribution in [3.8, 4) is 0 Å². The van der Waals surface area contributed by atoms with Crippen LogP contribution in [0.25, 0.3) is 6.08 Å². The summed E-state index contributed by atoms with van der Waals surface area (Å²) >= 11 is 0. The molecule has 0 saturated heterocycles. The van der Waals surface area contributed by atoms with Gasteiger partial charge < -0.3 is 0 Å². The number of amides is 1. The molecule has 0 saturated carbocycles. The van der Waals surface area contributed by atoms with E-state index in [-0.39, 0.29) is 4.90 Å². The SMILES string of the molecule is CCc1ccc(N(C(=O)/C=C/c2ccc(C(C)C)cc2)S(=O)(=O)c2ccccc2)cc1. The number of hydrogen-bond acceptors (Lipinski definition) is 3. The van der Waals surface area contributed by atoms with Gasteiger partial charge in [-0.25, -0.2) is 8.42 Å². The zero-order chi connectivity index (χ0) is 22.4. The predicted octanol–water partition coefficient (Wildman–Crippen LogP) is 5.81. The Morgan fingerprint density at radius 2 is 1.52 bits per heavy atom. The number of hydrogen-bond donors (Lipinski definition) is 0. The van der Waals surface area contributed by atoms with E-state index < -0.39 is 15.9 Å². The van der Waals surface area contributed by atoms with Crippen molar-refractivity contribution in [1.29, 1.82) is 0 Å². The van der Waals surface area contributed by atoms with E-state index in [2.05, 4.69) is 13.8 Å². The standard InChI is InChI=1S/C26H27NO3S/c1-4-21-12-17-24(18-13-21)27(31(29,30)25-8-6-5-7-9-25)26(28)19-14-22-10-15-23(16-11-22)20(2)3/h5-20H,4H2,1-3H3/b19-14+. The van der Waals surface area contributed by atoms with Crippen LogP contribution in [0, 0.1) is 0 Å². The summed E-state index contributed by atoms with van der Waals surface area (Å²) in [5.74, 6) is -0.210. The minimum absolute atomic E-state index is 0.0672. The van der Waals surface area contributed by atoms with Crippen molar-refractivity contribution in [2.75, 3.05) is 4.31 Å². The van der Waals surface area contributed by atoms with E-state index in [1.807, 2.05) is 43.3 Å². The van der Waals surface area contributed by atoms with E-state index in [4.69, 9.17) is 0 Å². The molecule has 0 aliphatic carbocycles. The second kappa shape index (κ2) is 9.75. The second-order valence-corrected chi connectivity index (χ2v) is 9.38. The van der Waals surface area contributed by atoms with Gasteiger partial charge in [-0.15, -0.1) is 0 Å². The molecule has 0 spiro atoms. The summed E-state index contributed by atoms with van der Waals surface area (Å²) in [7, 11) is -4.06. The molecule has 0 heterocycles. The van der Waals surface area contributed by atoms with Crippen LogP contribution in [0.1, 0.15) is 43.4 Å². The van der Waals surface area contributed by atoms with Crippen LogP contribution in [0.5, 0.6) is 0 Å². The monoisotopic (exact) mass is 433 g/mol. The molecule has 0 bridgehead atoms. The fraction of sp³-hybridized carbons (Fsp3) is 0.192. The molecular formula is C26H27NO3S. The molecule has 0 fully saturated rings. The minimum Gasteiger partial charge on any atom is -0.268 e. The number of nitrogens with zero attached hydrogens (tertiary/aromatic N) is 1. The highest BCUT2D eigenvalue weighted by atomic mass is 32.2. The lowest BCUT2D eigenvalue weighted by Crippen LogP contribution is -2.35. The maximum absolute atomic E-state index is 13.3. The van der Waals surface area contributed by atoms with Crippen LogP contribution in [0.3, 0.4) is 0 Å². The van der Waals surface area contributed by atoms with Gasteiger partial charge in [0.1, 0.15) is 0 Å². The van der Waals surface area contributed by atoms with Gasteiger partial charge >= 0.3 is 0 Å². The summed E-state index contributed by atoms with van der Waals surface area (Å²) < 4.78 is 27.5. The first-order chi connectivity index (χ1) is 14.8. The molecule has 0 unspecified atom stereocenters. The van der Waals surface area contributed by atoms with Crippen LogP contribution >= 0.6 is 0 Å². The van der Waals surface area contributed by atoms with E-state index in [1.165, 1.54) is 23.8 Å². The molecule has 160 valence electrons.